The molecule has 80 valence electrons. The van der Waals surface area contributed by atoms with Crippen LogP contribution in [-0.2, 0) is 0 Å². The lowest BCUT2D eigenvalue weighted by molar-refractivity contribution is 0.0780. The molecule has 2 atom stereocenters. The molecule has 1 amide bonds. The molecule has 2 N–H and O–H groups in total. The first kappa shape index (κ1) is 10.0. The largest absolute Gasteiger partial charge is 0.335 e. The highest BCUT2D eigenvalue weighted by Crippen LogP contribution is 2.16. The Balaban J connectivity index is 2.10. The summed E-state index contributed by atoms with van der Waals surface area (Å²) in [6, 6.07) is 0.0746. The molecule has 1 fully saturated rings. The molecule has 5 nitrogen and oxygen atoms in total. The van der Waals surface area contributed by atoms with Crippen LogP contribution in [0.2, 0.25) is 0 Å². The van der Waals surface area contributed by atoms with E-state index in [1.54, 1.807) is 11.1 Å². The van der Waals surface area contributed by atoms with E-state index in [4.69, 9.17) is 5.73 Å². The van der Waals surface area contributed by atoms with E-state index in [2.05, 4.69) is 16.9 Å². The van der Waals surface area contributed by atoms with E-state index in [1.165, 1.54) is 12.4 Å². The lowest BCUT2D eigenvalue weighted by atomic mass is 10.1. The van der Waals surface area contributed by atoms with Crippen LogP contribution in [0, 0.1) is 5.92 Å². The highest BCUT2D eigenvalue weighted by molar-refractivity contribution is 5.92. The molecule has 0 bridgehead atoms. The van der Waals surface area contributed by atoms with E-state index in [0.29, 0.717) is 24.7 Å². The number of likely N-dealkylation sites (tertiary alicyclic amines) is 1. The first-order valence-electron chi connectivity index (χ1n) is 4.99. The predicted octanol–water partition coefficient (Wildman–Crippen LogP) is -0.104. The topological polar surface area (TPSA) is 72.1 Å². The van der Waals surface area contributed by atoms with E-state index in [1.807, 2.05) is 0 Å². The number of amides is 1. The van der Waals surface area contributed by atoms with Gasteiger partial charge >= 0.3 is 0 Å². The van der Waals surface area contributed by atoms with Crippen LogP contribution < -0.4 is 5.73 Å². The molecule has 1 saturated heterocycles. The fourth-order valence-electron chi connectivity index (χ4n) is 1.73. The van der Waals surface area contributed by atoms with Gasteiger partial charge in [-0.05, 0) is 5.92 Å². The van der Waals surface area contributed by atoms with Gasteiger partial charge in [0.25, 0.3) is 5.91 Å². The van der Waals surface area contributed by atoms with Crippen LogP contribution in [0.3, 0.4) is 0 Å². The van der Waals surface area contributed by atoms with Crippen molar-refractivity contribution in [3.05, 3.63) is 24.3 Å². The maximum Gasteiger partial charge on any atom is 0.274 e. The summed E-state index contributed by atoms with van der Waals surface area (Å²) in [6.07, 6.45) is 4.55. The van der Waals surface area contributed by atoms with Gasteiger partial charge in [0.15, 0.2) is 0 Å². The van der Waals surface area contributed by atoms with E-state index in [0.717, 1.165) is 0 Å². The van der Waals surface area contributed by atoms with Crippen molar-refractivity contribution in [2.45, 2.75) is 13.0 Å². The van der Waals surface area contributed by atoms with Crippen LogP contribution >= 0.6 is 0 Å². The fraction of sp³-hybridized carbons (Fsp3) is 0.500. The number of carbonyl (C=O) groups is 1. The minimum atomic E-state index is -0.0806. The van der Waals surface area contributed by atoms with Crippen molar-refractivity contribution < 1.29 is 4.79 Å². The van der Waals surface area contributed by atoms with Gasteiger partial charge in [0.05, 0.1) is 6.20 Å². The fourth-order valence-corrected chi connectivity index (χ4v) is 1.73. The first-order valence-corrected chi connectivity index (χ1v) is 4.99. The quantitative estimate of drug-likeness (QED) is 0.696. The molecule has 2 heterocycles. The summed E-state index contributed by atoms with van der Waals surface area (Å²) in [5.41, 5.74) is 6.24. The Kier molecular flexibility index (Phi) is 2.64. The van der Waals surface area contributed by atoms with Crippen molar-refractivity contribution in [1.82, 2.24) is 14.9 Å². The molecule has 5 heteroatoms. The third-order valence-corrected chi connectivity index (χ3v) is 2.74. The summed E-state index contributed by atoms with van der Waals surface area (Å²) in [6.45, 7) is 3.36. The van der Waals surface area contributed by atoms with Crippen molar-refractivity contribution in [3.63, 3.8) is 0 Å². The lowest BCUT2D eigenvalue weighted by Crippen LogP contribution is -2.32. The smallest absolute Gasteiger partial charge is 0.274 e. The molecule has 2 rings (SSSR count). The highest BCUT2D eigenvalue weighted by atomic mass is 16.2. The second-order valence-corrected chi connectivity index (χ2v) is 3.94. The van der Waals surface area contributed by atoms with Crippen molar-refractivity contribution >= 4 is 5.91 Å². The van der Waals surface area contributed by atoms with Crippen molar-refractivity contribution in [3.8, 4) is 0 Å². The summed E-state index contributed by atoms with van der Waals surface area (Å²) in [5.74, 6) is 0.272. The van der Waals surface area contributed by atoms with Gasteiger partial charge in [0.1, 0.15) is 5.69 Å². The molecule has 1 aliphatic heterocycles. The Morgan fingerprint density at radius 3 is 2.87 bits per heavy atom. The Bertz CT molecular complexity index is 344. The molecule has 15 heavy (non-hydrogen) atoms. The van der Waals surface area contributed by atoms with E-state index >= 15 is 0 Å². The molecular weight excluding hydrogens is 192 g/mol. The molecule has 1 aromatic rings. The second kappa shape index (κ2) is 3.94. The van der Waals surface area contributed by atoms with Crippen molar-refractivity contribution in [2.75, 3.05) is 13.1 Å². The van der Waals surface area contributed by atoms with Gasteiger partial charge < -0.3 is 10.6 Å². The lowest BCUT2D eigenvalue weighted by Gasteiger charge is -2.14. The van der Waals surface area contributed by atoms with Gasteiger partial charge in [-0.2, -0.15) is 0 Å². The van der Waals surface area contributed by atoms with Gasteiger partial charge in [-0.1, -0.05) is 6.92 Å². The minimum Gasteiger partial charge on any atom is -0.335 e. The summed E-state index contributed by atoms with van der Waals surface area (Å²) < 4.78 is 0. The predicted molar refractivity (Wildman–Crippen MR) is 55.1 cm³/mol. The Labute approximate surface area is 88.3 Å². The zero-order valence-electron chi connectivity index (χ0n) is 8.63. The van der Waals surface area contributed by atoms with E-state index < -0.39 is 0 Å². The van der Waals surface area contributed by atoms with Crippen LogP contribution in [-0.4, -0.2) is 39.9 Å². The molecule has 0 aliphatic carbocycles. The summed E-state index contributed by atoms with van der Waals surface area (Å²) in [4.78, 5) is 21.5. The Hall–Kier alpha value is -1.49. The van der Waals surface area contributed by atoms with Crippen LogP contribution in [0.5, 0.6) is 0 Å². The second-order valence-electron chi connectivity index (χ2n) is 3.94. The Morgan fingerprint density at radius 1 is 1.53 bits per heavy atom. The van der Waals surface area contributed by atoms with Gasteiger partial charge in [0.2, 0.25) is 0 Å². The molecule has 2 unspecified atom stereocenters. The van der Waals surface area contributed by atoms with Crippen LogP contribution in [0.4, 0.5) is 0 Å². The van der Waals surface area contributed by atoms with Crippen molar-refractivity contribution in [1.29, 1.82) is 0 Å². The maximum atomic E-state index is 11.9. The SMILES string of the molecule is CC1CN(C(=O)c2cnccn2)CC1N. The summed E-state index contributed by atoms with van der Waals surface area (Å²) >= 11 is 0. The molecule has 0 saturated carbocycles. The molecule has 1 aromatic heterocycles. The van der Waals surface area contributed by atoms with E-state index in [-0.39, 0.29) is 11.9 Å². The molecule has 0 spiro atoms. The minimum absolute atomic E-state index is 0.0746. The van der Waals surface area contributed by atoms with Gasteiger partial charge in [-0.25, -0.2) is 4.98 Å². The number of hydrogen-bond donors (Lipinski definition) is 1. The maximum absolute atomic E-state index is 11.9. The number of nitrogens with two attached hydrogens (primary N) is 1. The first-order chi connectivity index (χ1) is 7.18. The number of hydrogen-bond acceptors (Lipinski definition) is 4. The Morgan fingerprint density at radius 2 is 2.33 bits per heavy atom. The normalized spacial score (nSPS) is 25.6. The number of aromatic nitrogens is 2. The number of nitrogens with zero attached hydrogens (tertiary/aromatic N) is 3. The van der Waals surface area contributed by atoms with Crippen molar-refractivity contribution in [2.24, 2.45) is 11.7 Å². The molecule has 0 radical (unpaired) electrons. The number of carbonyl (C=O) groups excluding carboxylic acids is 1. The average molecular weight is 206 g/mol. The molecular formula is C10H14N4O. The summed E-state index contributed by atoms with van der Waals surface area (Å²) in [5, 5.41) is 0. The third-order valence-electron chi connectivity index (χ3n) is 2.74. The van der Waals surface area contributed by atoms with Gasteiger partial charge in [0, 0.05) is 31.5 Å². The zero-order valence-corrected chi connectivity index (χ0v) is 8.63. The zero-order chi connectivity index (χ0) is 10.8. The third kappa shape index (κ3) is 1.97. The van der Waals surface area contributed by atoms with Crippen LogP contribution in [0.1, 0.15) is 17.4 Å². The monoisotopic (exact) mass is 206 g/mol. The average Bonchev–Trinajstić information content (AvgIpc) is 2.59. The molecule has 1 aliphatic rings. The number of rotatable bonds is 1. The van der Waals surface area contributed by atoms with Crippen LogP contribution in [0.15, 0.2) is 18.6 Å². The highest BCUT2D eigenvalue weighted by Gasteiger charge is 2.30. The van der Waals surface area contributed by atoms with Gasteiger partial charge in [-0.3, -0.25) is 9.78 Å². The van der Waals surface area contributed by atoms with Crippen LogP contribution in [0.25, 0.3) is 0 Å². The van der Waals surface area contributed by atoms with Gasteiger partial charge in [-0.15, -0.1) is 0 Å². The standard InChI is InChI=1S/C10H14N4O/c1-7-5-14(6-8(7)11)10(15)9-4-12-2-3-13-9/h2-4,7-8H,5-6,11H2,1H3. The van der Waals surface area contributed by atoms with E-state index in [9.17, 15) is 4.79 Å². The summed E-state index contributed by atoms with van der Waals surface area (Å²) in [7, 11) is 0. The molecule has 0 aromatic carbocycles.